The van der Waals surface area contributed by atoms with Gasteiger partial charge in [-0.15, -0.1) is 0 Å². The van der Waals surface area contributed by atoms with Crippen LogP contribution < -0.4 is 11.1 Å². The summed E-state index contributed by atoms with van der Waals surface area (Å²) in [6, 6.07) is 13.0. The van der Waals surface area contributed by atoms with E-state index in [4.69, 9.17) is 21.9 Å². The fourth-order valence-electron chi connectivity index (χ4n) is 2.11. The maximum atomic E-state index is 5.86. The first kappa shape index (κ1) is 16.9. The summed E-state index contributed by atoms with van der Waals surface area (Å²) in [6.45, 7) is 0.856. The number of hydrogen-bond donors (Lipinski definition) is 2. The summed E-state index contributed by atoms with van der Waals surface area (Å²) in [7, 11) is 0. The number of pyridine rings is 1. The van der Waals surface area contributed by atoms with Crippen LogP contribution in [0, 0.1) is 0 Å². The first-order valence-corrected chi connectivity index (χ1v) is 8.11. The zero-order chi connectivity index (χ0) is 17.5. The molecule has 1 aromatic carbocycles. The van der Waals surface area contributed by atoms with Gasteiger partial charge in [-0.1, -0.05) is 22.8 Å². The molecule has 128 valence electrons. The number of aromatic nitrogens is 3. The second kappa shape index (κ2) is 8.25. The van der Waals surface area contributed by atoms with Crippen molar-refractivity contribution >= 4 is 17.6 Å². The highest BCUT2D eigenvalue weighted by molar-refractivity contribution is 6.30. The summed E-state index contributed by atoms with van der Waals surface area (Å²) < 4.78 is 5.18. The first-order chi connectivity index (χ1) is 12.2. The lowest BCUT2D eigenvalue weighted by atomic mass is 10.2. The van der Waals surface area contributed by atoms with Crippen LogP contribution in [0.3, 0.4) is 0 Å². The predicted octanol–water partition coefficient (Wildman–Crippen LogP) is 2.43. The van der Waals surface area contributed by atoms with Crippen molar-refractivity contribution < 1.29 is 4.52 Å². The maximum absolute atomic E-state index is 5.86. The molecular formula is C17H17ClN6O. The molecule has 0 saturated heterocycles. The monoisotopic (exact) mass is 356 g/mol. The highest BCUT2D eigenvalue weighted by atomic mass is 35.5. The van der Waals surface area contributed by atoms with Crippen LogP contribution >= 0.6 is 11.6 Å². The topological polar surface area (TPSA) is 102 Å². The van der Waals surface area contributed by atoms with Crippen molar-refractivity contribution in [3.05, 3.63) is 65.3 Å². The molecule has 0 amide bonds. The molecule has 0 saturated carbocycles. The SMILES string of the molecule is NC(=NCc1nc(-c2ccc(Cl)cc2)no1)NCCc1ccccn1. The van der Waals surface area contributed by atoms with Crippen molar-refractivity contribution in [1.29, 1.82) is 0 Å². The number of nitrogens with two attached hydrogens (primary N) is 1. The van der Waals surface area contributed by atoms with E-state index in [1.54, 1.807) is 18.3 Å². The number of aliphatic imine (C=N–C) groups is 1. The largest absolute Gasteiger partial charge is 0.370 e. The molecule has 7 nitrogen and oxygen atoms in total. The van der Waals surface area contributed by atoms with Crippen LogP contribution in [-0.2, 0) is 13.0 Å². The van der Waals surface area contributed by atoms with E-state index in [0.717, 1.165) is 17.7 Å². The molecule has 8 heteroatoms. The number of halogens is 1. The standard InChI is InChI=1S/C17H17ClN6O/c18-13-6-4-12(5-7-13)16-23-15(25-24-16)11-22-17(19)21-10-8-14-3-1-2-9-20-14/h1-7,9H,8,10-11H2,(H3,19,21,22). The normalized spacial score (nSPS) is 11.5. The second-order valence-electron chi connectivity index (χ2n) is 5.22. The molecule has 0 aliphatic carbocycles. The van der Waals surface area contributed by atoms with Gasteiger partial charge in [0.05, 0.1) is 0 Å². The molecule has 0 aliphatic rings. The van der Waals surface area contributed by atoms with E-state index >= 15 is 0 Å². The fraction of sp³-hybridized carbons (Fsp3) is 0.176. The van der Waals surface area contributed by atoms with Crippen molar-refractivity contribution in [2.24, 2.45) is 10.7 Å². The van der Waals surface area contributed by atoms with E-state index in [-0.39, 0.29) is 6.54 Å². The molecule has 3 rings (SSSR count). The highest BCUT2D eigenvalue weighted by Crippen LogP contribution is 2.18. The Bertz CT molecular complexity index is 832. The fourth-order valence-corrected chi connectivity index (χ4v) is 2.23. The molecule has 0 unspecified atom stereocenters. The van der Waals surface area contributed by atoms with Crippen molar-refractivity contribution in [1.82, 2.24) is 20.4 Å². The Kier molecular flexibility index (Phi) is 5.58. The van der Waals surface area contributed by atoms with Crippen LogP contribution in [0.5, 0.6) is 0 Å². The quantitative estimate of drug-likeness (QED) is 0.519. The van der Waals surface area contributed by atoms with E-state index in [1.165, 1.54) is 0 Å². The summed E-state index contributed by atoms with van der Waals surface area (Å²) in [6.07, 6.45) is 2.53. The third-order valence-electron chi connectivity index (χ3n) is 3.37. The van der Waals surface area contributed by atoms with Crippen molar-refractivity contribution in [2.45, 2.75) is 13.0 Å². The third-order valence-corrected chi connectivity index (χ3v) is 3.62. The van der Waals surface area contributed by atoms with Crippen LogP contribution in [0.4, 0.5) is 0 Å². The average molecular weight is 357 g/mol. The van der Waals surface area contributed by atoms with Gasteiger partial charge in [0.1, 0.15) is 6.54 Å². The zero-order valence-corrected chi connectivity index (χ0v) is 14.1. The van der Waals surface area contributed by atoms with Gasteiger partial charge in [-0.25, -0.2) is 4.99 Å². The van der Waals surface area contributed by atoms with E-state index < -0.39 is 0 Å². The van der Waals surface area contributed by atoms with Gasteiger partial charge in [-0.3, -0.25) is 4.98 Å². The van der Waals surface area contributed by atoms with Gasteiger partial charge < -0.3 is 15.6 Å². The van der Waals surface area contributed by atoms with E-state index in [0.29, 0.717) is 29.2 Å². The Morgan fingerprint density at radius 1 is 1.20 bits per heavy atom. The molecular weight excluding hydrogens is 340 g/mol. The number of nitrogens with zero attached hydrogens (tertiary/aromatic N) is 4. The summed E-state index contributed by atoms with van der Waals surface area (Å²) >= 11 is 5.86. The van der Waals surface area contributed by atoms with Gasteiger partial charge in [-0.2, -0.15) is 4.98 Å². The average Bonchev–Trinajstić information content (AvgIpc) is 3.10. The van der Waals surface area contributed by atoms with Crippen LogP contribution in [0.25, 0.3) is 11.4 Å². The lowest BCUT2D eigenvalue weighted by molar-refractivity contribution is 0.381. The number of rotatable bonds is 6. The van der Waals surface area contributed by atoms with E-state index in [1.807, 2.05) is 30.3 Å². The molecule has 0 spiro atoms. The highest BCUT2D eigenvalue weighted by Gasteiger charge is 2.08. The van der Waals surface area contributed by atoms with Crippen molar-refractivity contribution in [2.75, 3.05) is 6.54 Å². The minimum atomic E-state index is 0.211. The molecule has 0 atom stereocenters. The molecule has 25 heavy (non-hydrogen) atoms. The molecule has 3 aromatic rings. The van der Waals surface area contributed by atoms with Gasteiger partial charge in [0.2, 0.25) is 11.7 Å². The first-order valence-electron chi connectivity index (χ1n) is 7.73. The molecule has 2 heterocycles. The minimum Gasteiger partial charge on any atom is -0.370 e. The number of guanidine groups is 1. The molecule has 2 aromatic heterocycles. The lowest BCUT2D eigenvalue weighted by Crippen LogP contribution is -2.33. The summed E-state index contributed by atoms with van der Waals surface area (Å²) in [4.78, 5) is 12.7. The van der Waals surface area contributed by atoms with Crippen LogP contribution in [0.1, 0.15) is 11.6 Å². The Labute approximate surface area is 149 Å². The second-order valence-corrected chi connectivity index (χ2v) is 5.65. The molecule has 3 N–H and O–H groups in total. The zero-order valence-electron chi connectivity index (χ0n) is 13.4. The van der Waals surface area contributed by atoms with Crippen LogP contribution in [0.15, 0.2) is 58.2 Å². The van der Waals surface area contributed by atoms with Gasteiger partial charge in [0.15, 0.2) is 5.96 Å². The van der Waals surface area contributed by atoms with Crippen LogP contribution in [-0.4, -0.2) is 27.6 Å². The Morgan fingerprint density at radius 3 is 2.80 bits per heavy atom. The number of hydrogen-bond acceptors (Lipinski definition) is 5. The van der Waals surface area contributed by atoms with Gasteiger partial charge >= 0.3 is 0 Å². The summed E-state index contributed by atoms with van der Waals surface area (Å²) in [5.74, 6) is 1.20. The third kappa shape index (κ3) is 5.02. The molecule has 0 bridgehead atoms. The van der Waals surface area contributed by atoms with Gasteiger partial charge in [0, 0.05) is 35.4 Å². The van der Waals surface area contributed by atoms with Gasteiger partial charge in [0.25, 0.3) is 0 Å². The lowest BCUT2D eigenvalue weighted by Gasteiger charge is -2.04. The minimum absolute atomic E-state index is 0.211. The van der Waals surface area contributed by atoms with Crippen molar-refractivity contribution in [3.8, 4) is 11.4 Å². The maximum Gasteiger partial charge on any atom is 0.248 e. The molecule has 0 aliphatic heterocycles. The number of benzene rings is 1. The Balaban J connectivity index is 1.50. The summed E-state index contributed by atoms with van der Waals surface area (Å²) in [5, 5.41) is 7.61. The van der Waals surface area contributed by atoms with Crippen LogP contribution in [0.2, 0.25) is 5.02 Å². The number of nitrogens with one attached hydrogen (secondary N) is 1. The van der Waals surface area contributed by atoms with Crippen molar-refractivity contribution in [3.63, 3.8) is 0 Å². The smallest absolute Gasteiger partial charge is 0.248 e. The molecule has 0 radical (unpaired) electrons. The van der Waals surface area contributed by atoms with E-state index in [9.17, 15) is 0 Å². The predicted molar refractivity (Wildman–Crippen MR) is 96.0 cm³/mol. The molecule has 0 fully saturated rings. The summed E-state index contributed by atoms with van der Waals surface area (Å²) in [5.41, 5.74) is 7.65. The van der Waals surface area contributed by atoms with Gasteiger partial charge in [-0.05, 0) is 36.4 Å². The van der Waals surface area contributed by atoms with E-state index in [2.05, 4.69) is 25.4 Å². The Hall–Kier alpha value is -2.93. The Morgan fingerprint density at radius 2 is 2.04 bits per heavy atom.